The van der Waals surface area contributed by atoms with Crippen LogP contribution in [0.4, 0.5) is 0 Å². The van der Waals surface area contributed by atoms with Gasteiger partial charge in [-0.25, -0.2) is 0 Å². The summed E-state index contributed by atoms with van der Waals surface area (Å²) in [6.07, 6.45) is 0. The second kappa shape index (κ2) is 5.79. The third-order valence-electron chi connectivity index (χ3n) is 1.33. The molecule has 0 heterocycles. The van der Waals surface area contributed by atoms with Gasteiger partial charge in [-0.3, -0.25) is 0 Å². The van der Waals surface area contributed by atoms with Crippen molar-refractivity contribution in [2.24, 2.45) is 0 Å². The molecule has 1 nitrogen and oxygen atoms in total. The van der Waals surface area contributed by atoms with E-state index in [1.165, 1.54) is 0 Å². The molecule has 0 fully saturated rings. The Balaban J connectivity index is 0. The van der Waals surface area contributed by atoms with Gasteiger partial charge < -0.3 is 17.5 Å². The van der Waals surface area contributed by atoms with Gasteiger partial charge in [-0.15, -0.1) is 5.75 Å². The van der Waals surface area contributed by atoms with Gasteiger partial charge >= 0.3 is 26.2 Å². The molecule has 0 saturated carbocycles. The molecule has 0 bridgehead atoms. The van der Waals surface area contributed by atoms with Crippen molar-refractivity contribution in [3.05, 3.63) is 29.3 Å². The molecule has 0 saturated heterocycles. The Kier molecular flexibility index (Phi) is 7.25. The number of halogens is 1. The van der Waals surface area contributed by atoms with Gasteiger partial charge in [-0.1, -0.05) is 29.3 Å². The average molecular weight is 248 g/mol. The molecule has 0 aliphatic rings. The molecule has 0 aromatic heterocycles. The molecule has 0 aliphatic heterocycles. The Bertz CT molecular complexity index is 225. The van der Waals surface area contributed by atoms with Crippen LogP contribution in [0.15, 0.2) is 18.2 Å². The summed E-state index contributed by atoms with van der Waals surface area (Å²) in [5, 5.41) is 10.8. The maximum absolute atomic E-state index is 10.8. The van der Waals surface area contributed by atoms with E-state index in [4.69, 9.17) is 0 Å². The number of benzene rings is 1. The Labute approximate surface area is 92.4 Å². The summed E-state index contributed by atoms with van der Waals surface area (Å²) in [7, 11) is 0. The second-order valence-corrected chi connectivity index (χ2v) is 2.27. The quantitative estimate of drug-likeness (QED) is 0.541. The van der Waals surface area contributed by atoms with Crippen LogP contribution in [0.5, 0.6) is 5.75 Å². The fraction of sp³-hybridized carbons (Fsp3) is 0.250. The van der Waals surface area contributed by atoms with E-state index in [1.54, 1.807) is 6.07 Å². The first-order chi connectivity index (χ1) is 4.20. The van der Waals surface area contributed by atoms with Crippen molar-refractivity contribution in [3.63, 3.8) is 0 Å². The van der Waals surface area contributed by atoms with Crippen molar-refractivity contribution in [2.75, 3.05) is 0 Å². The second-order valence-electron chi connectivity index (χ2n) is 2.27. The smallest absolute Gasteiger partial charge is 1.00 e. The number of hydrogen-bond donors (Lipinski definition) is 0. The van der Waals surface area contributed by atoms with Gasteiger partial charge in [0.05, 0.1) is 0 Å². The molecule has 0 atom stereocenters. The minimum atomic E-state index is 0. The summed E-state index contributed by atoms with van der Waals surface area (Å²) in [6.45, 7) is 3.81. The van der Waals surface area contributed by atoms with Crippen LogP contribution < -0.4 is 17.5 Å². The van der Waals surface area contributed by atoms with E-state index >= 15 is 0 Å². The summed E-state index contributed by atoms with van der Waals surface area (Å²) in [5.41, 5.74) is 1.97. The van der Waals surface area contributed by atoms with E-state index in [0.29, 0.717) is 0 Å². The molecule has 3 heteroatoms. The zero-order valence-electron chi connectivity index (χ0n) is 6.52. The Morgan fingerprint density at radius 1 is 1.18 bits per heavy atom. The van der Waals surface area contributed by atoms with Crippen LogP contribution in [0, 0.1) is 13.8 Å². The third kappa shape index (κ3) is 3.93. The van der Waals surface area contributed by atoms with Crippen LogP contribution in [0.1, 0.15) is 11.1 Å². The van der Waals surface area contributed by atoms with Gasteiger partial charge in [0.2, 0.25) is 0 Å². The van der Waals surface area contributed by atoms with Gasteiger partial charge in [-0.05, 0) is 13.8 Å². The Morgan fingerprint density at radius 2 is 1.73 bits per heavy atom. The minimum Gasteiger partial charge on any atom is -1.00 e. The SMILES string of the molecule is Cc1ccc([O-])c(C)c1.[Cl-].[Zr+2]. The first-order valence-electron chi connectivity index (χ1n) is 2.94. The zero-order chi connectivity index (χ0) is 6.85. The molecule has 0 spiro atoms. The molecule has 0 radical (unpaired) electrons. The number of rotatable bonds is 0. The fourth-order valence-electron chi connectivity index (χ4n) is 0.799. The van der Waals surface area contributed by atoms with Gasteiger partial charge in [0.15, 0.2) is 0 Å². The first kappa shape index (κ1) is 13.8. The monoisotopic (exact) mass is 246 g/mol. The maximum atomic E-state index is 10.8. The summed E-state index contributed by atoms with van der Waals surface area (Å²) in [5.74, 6) is 0.126. The van der Waals surface area contributed by atoms with Gasteiger partial charge in [0.1, 0.15) is 0 Å². The van der Waals surface area contributed by atoms with Crippen LogP contribution in [0.25, 0.3) is 0 Å². The number of aryl methyl sites for hydroxylation is 2. The van der Waals surface area contributed by atoms with Crippen molar-refractivity contribution < 1.29 is 43.7 Å². The largest absolute Gasteiger partial charge is 2.00 e. The van der Waals surface area contributed by atoms with Crippen molar-refractivity contribution in [1.29, 1.82) is 0 Å². The molecule has 0 amide bonds. The average Bonchev–Trinajstić information content (AvgIpc) is 1.80. The van der Waals surface area contributed by atoms with Crippen LogP contribution in [-0.4, -0.2) is 0 Å². The molecule has 0 unspecified atom stereocenters. The fourth-order valence-corrected chi connectivity index (χ4v) is 0.799. The van der Waals surface area contributed by atoms with Crippen LogP contribution in [0.2, 0.25) is 0 Å². The van der Waals surface area contributed by atoms with E-state index in [-0.39, 0.29) is 44.4 Å². The van der Waals surface area contributed by atoms with E-state index in [2.05, 4.69) is 0 Å². The molecule has 0 N–H and O–H groups in total. The van der Waals surface area contributed by atoms with Gasteiger partial charge in [-0.2, -0.15) is 0 Å². The normalized spacial score (nSPS) is 7.82. The van der Waals surface area contributed by atoms with Gasteiger partial charge in [0.25, 0.3) is 0 Å². The molecule has 1 aromatic rings. The van der Waals surface area contributed by atoms with E-state index in [9.17, 15) is 5.11 Å². The maximum Gasteiger partial charge on any atom is 2.00 e. The summed E-state index contributed by atoms with van der Waals surface area (Å²) in [6, 6.07) is 5.32. The standard InChI is InChI=1S/C8H10O.ClH.Zr/c1-6-3-4-8(9)7(2)5-6;;/h3-5,9H,1-2H3;1H;/q;;+2/p-2. The molecule has 1 rings (SSSR count). The van der Waals surface area contributed by atoms with Crippen LogP contribution in [-0.2, 0) is 26.2 Å². The molecule has 11 heavy (non-hydrogen) atoms. The van der Waals surface area contributed by atoms with Crippen LogP contribution in [0.3, 0.4) is 0 Å². The van der Waals surface area contributed by atoms with E-state index < -0.39 is 0 Å². The van der Waals surface area contributed by atoms with Gasteiger partial charge in [0, 0.05) is 0 Å². The predicted molar refractivity (Wildman–Crippen MR) is 35.4 cm³/mol. The summed E-state index contributed by atoms with van der Waals surface area (Å²) >= 11 is 0. The Morgan fingerprint density at radius 3 is 2.09 bits per heavy atom. The van der Waals surface area contributed by atoms with Crippen molar-refractivity contribution >= 4 is 0 Å². The minimum absolute atomic E-state index is 0. The predicted octanol–water partition coefficient (Wildman–Crippen LogP) is -1.62. The molecule has 58 valence electrons. The first-order valence-corrected chi connectivity index (χ1v) is 2.94. The molecular formula is C8H9ClOZr. The zero-order valence-corrected chi connectivity index (χ0v) is 9.73. The van der Waals surface area contributed by atoms with Crippen molar-refractivity contribution in [3.8, 4) is 5.75 Å². The van der Waals surface area contributed by atoms with Crippen LogP contribution >= 0.6 is 0 Å². The van der Waals surface area contributed by atoms with E-state index in [0.717, 1.165) is 11.1 Å². The molecule has 0 aliphatic carbocycles. The number of hydrogen-bond acceptors (Lipinski definition) is 1. The summed E-state index contributed by atoms with van der Waals surface area (Å²) in [4.78, 5) is 0. The summed E-state index contributed by atoms with van der Waals surface area (Å²) < 4.78 is 0. The van der Waals surface area contributed by atoms with Crippen molar-refractivity contribution in [2.45, 2.75) is 13.8 Å². The Hall–Kier alpha value is 0.193. The topological polar surface area (TPSA) is 23.1 Å². The van der Waals surface area contributed by atoms with E-state index in [1.807, 2.05) is 26.0 Å². The molecular weight excluding hydrogens is 239 g/mol. The third-order valence-corrected chi connectivity index (χ3v) is 1.33. The molecule has 1 aromatic carbocycles. The van der Waals surface area contributed by atoms with Crippen molar-refractivity contribution in [1.82, 2.24) is 0 Å².